The highest BCUT2D eigenvalue weighted by Crippen LogP contribution is 2.45. The smallest absolute Gasteiger partial charge is 0.209 e. The molecule has 0 radical (unpaired) electrons. The third kappa shape index (κ3) is 7.83. The summed E-state index contributed by atoms with van der Waals surface area (Å²) in [4.78, 5) is 4.58. The summed E-state index contributed by atoms with van der Waals surface area (Å²) in [5.41, 5.74) is -0.215. The first-order valence-electron chi connectivity index (χ1n) is 8.98. The number of nitrogens with zero attached hydrogens (tertiary/aromatic N) is 1. The molecule has 6 nitrogen and oxygen atoms in total. The van der Waals surface area contributed by atoms with Gasteiger partial charge in [-0.15, -0.1) is 0 Å². The van der Waals surface area contributed by atoms with Crippen LogP contribution in [0.25, 0.3) is 0 Å². The number of rotatable bonds is 9. The van der Waals surface area contributed by atoms with Gasteiger partial charge < -0.3 is 10.6 Å². The Kier molecular flexibility index (Phi) is 7.53. The van der Waals surface area contributed by atoms with Gasteiger partial charge in [0.2, 0.25) is 10.0 Å². The van der Waals surface area contributed by atoms with Crippen LogP contribution in [-0.4, -0.2) is 45.8 Å². The summed E-state index contributed by atoms with van der Waals surface area (Å²) in [7, 11) is -3.25. The number of sulfonamides is 1. The fourth-order valence-electron chi connectivity index (χ4n) is 3.42. The summed E-state index contributed by atoms with van der Waals surface area (Å²) in [5.74, 6) is 1.46. The summed E-state index contributed by atoms with van der Waals surface area (Å²) in [6.07, 6.45) is 6.28. The van der Waals surface area contributed by atoms with E-state index in [0.29, 0.717) is 17.9 Å². The van der Waals surface area contributed by atoms with E-state index in [9.17, 15) is 8.42 Å². The minimum absolute atomic E-state index is 0.382. The molecule has 0 bridgehead atoms. The molecule has 24 heavy (non-hydrogen) atoms. The van der Waals surface area contributed by atoms with Crippen LogP contribution in [0.3, 0.4) is 0 Å². The van der Waals surface area contributed by atoms with Gasteiger partial charge in [-0.2, -0.15) is 0 Å². The van der Waals surface area contributed by atoms with Crippen LogP contribution in [0.1, 0.15) is 60.3 Å². The molecule has 0 amide bonds. The third-order valence-corrected chi connectivity index (χ3v) is 5.25. The van der Waals surface area contributed by atoms with Gasteiger partial charge in [0.05, 0.1) is 12.8 Å². The predicted octanol–water partition coefficient (Wildman–Crippen LogP) is 2.09. The monoisotopic (exact) mass is 360 g/mol. The van der Waals surface area contributed by atoms with Crippen molar-refractivity contribution in [2.75, 3.05) is 25.9 Å². The molecule has 0 saturated heterocycles. The summed E-state index contributed by atoms with van der Waals surface area (Å²) < 4.78 is 25.5. The highest BCUT2D eigenvalue weighted by atomic mass is 32.2. The minimum atomic E-state index is -3.25. The zero-order chi connectivity index (χ0) is 18.4. The molecule has 142 valence electrons. The van der Waals surface area contributed by atoms with Crippen molar-refractivity contribution in [2.45, 2.75) is 65.8 Å². The van der Waals surface area contributed by atoms with Gasteiger partial charge in [-0.3, -0.25) is 4.99 Å². The summed E-state index contributed by atoms with van der Waals surface area (Å²) >= 11 is 0. The van der Waals surface area contributed by atoms with E-state index < -0.39 is 15.6 Å². The molecule has 3 N–H and O–H groups in total. The van der Waals surface area contributed by atoms with Crippen LogP contribution in [-0.2, 0) is 10.0 Å². The van der Waals surface area contributed by atoms with E-state index in [4.69, 9.17) is 0 Å². The molecule has 1 fully saturated rings. The molecule has 1 rings (SSSR count). The Hall–Kier alpha value is -0.820. The first kappa shape index (κ1) is 21.2. The van der Waals surface area contributed by atoms with Crippen molar-refractivity contribution in [1.29, 1.82) is 0 Å². The molecule has 7 heteroatoms. The Bertz CT molecular complexity index is 523. The van der Waals surface area contributed by atoms with Crippen molar-refractivity contribution in [3.05, 3.63) is 0 Å². The van der Waals surface area contributed by atoms with Crippen LogP contribution in [0.2, 0.25) is 0 Å². The van der Waals surface area contributed by atoms with E-state index in [-0.39, 0.29) is 0 Å². The number of aliphatic imine (C=N–C) groups is 1. The van der Waals surface area contributed by atoms with Crippen LogP contribution in [0.15, 0.2) is 4.99 Å². The molecule has 0 aromatic rings. The maximum atomic E-state index is 11.4. The fourth-order valence-corrected chi connectivity index (χ4v) is 4.49. The Morgan fingerprint density at radius 1 is 1.25 bits per heavy atom. The standard InChI is InChI=1S/C17H36N4O2S/c1-7-18-15(19-12-16(4,5)21-24(6,22)23)20-13-17(9-8-10-17)11-14(2)3/h14,21H,7-13H2,1-6H3,(H2,18,19,20). The minimum Gasteiger partial charge on any atom is -0.357 e. The molecule has 0 atom stereocenters. The number of hydrogen-bond donors (Lipinski definition) is 3. The van der Waals surface area contributed by atoms with E-state index in [2.05, 4.69) is 34.2 Å². The molecule has 0 aromatic carbocycles. The fraction of sp³-hybridized carbons (Fsp3) is 0.941. The molecule has 1 aliphatic rings. The highest BCUT2D eigenvalue weighted by molar-refractivity contribution is 7.88. The average molecular weight is 361 g/mol. The zero-order valence-electron chi connectivity index (χ0n) is 16.2. The molecule has 0 aliphatic heterocycles. The van der Waals surface area contributed by atoms with Crippen molar-refractivity contribution in [1.82, 2.24) is 15.4 Å². The lowest BCUT2D eigenvalue weighted by Crippen LogP contribution is -2.49. The lowest BCUT2D eigenvalue weighted by Gasteiger charge is -2.43. The number of guanidine groups is 1. The van der Waals surface area contributed by atoms with Gasteiger partial charge in [-0.1, -0.05) is 20.3 Å². The van der Waals surface area contributed by atoms with Gasteiger partial charge in [0, 0.05) is 18.6 Å². The van der Waals surface area contributed by atoms with E-state index in [1.807, 2.05) is 20.8 Å². The quantitative estimate of drug-likeness (QED) is 0.434. The second-order valence-electron chi connectivity index (χ2n) is 8.26. The summed E-state index contributed by atoms with van der Waals surface area (Å²) in [6.45, 7) is 12.4. The van der Waals surface area contributed by atoms with E-state index >= 15 is 0 Å². The highest BCUT2D eigenvalue weighted by Gasteiger charge is 2.37. The molecular formula is C17H36N4O2S. The first-order valence-corrected chi connectivity index (χ1v) is 10.9. The Morgan fingerprint density at radius 3 is 2.29 bits per heavy atom. The molecule has 0 unspecified atom stereocenters. The van der Waals surface area contributed by atoms with Gasteiger partial charge in [0.25, 0.3) is 0 Å². The SMILES string of the molecule is CCNC(=NCC(C)(C)NS(C)(=O)=O)NCC1(CC(C)C)CCC1. The molecular weight excluding hydrogens is 324 g/mol. The van der Waals surface area contributed by atoms with E-state index in [1.165, 1.54) is 31.9 Å². The van der Waals surface area contributed by atoms with Gasteiger partial charge >= 0.3 is 0 Å². The normalized spacial score (nSPS) is 18.4. The van der Waals surface area contributed by atoms with Crippen LogP contribution < -0.4 is 15.4 Å². The molecule has 1 aliphatic carbocycles. The van der Waals surface area contributed by atoms with Gasteiger partial charge in [-0.05, 0) is 51.4 Å². The van der Waals surface area contributed by atoms with E-state index in [0.717, 1.165) is 19.0 Å². The Balaban J connectivity index is 2.65. The van der Waals surface area contributed by atoms with Crippen LogP contribution >= 0.6 is 0 Å². The largest absolute Gasteiger partial charge is 0.357 e. The first-order chi connectivity index (χ1) is 11.0. The van der Waals surface area contributed by atoms with Crippen molar-refractivity contribution < 1.29 is 8.42 Å². The maximum Gasteiger partial charge on any atom is 0.209 e. The van der Waals surface area contributed by atoms with Gasteiger partial charge in [-0.25, -0.2) is 13.1 Å². The van der Waals surface area contributed by atoms with Crippen molar-refractivity contribution >= 4 is 16.0 Å². The Morgan fingerprint density at radius 2 is 1.88 bits per heavy atom. The number of hydrogen-bond acceptors (Lipinski definition) is 3. The summed E-state index contributed by atoms with van der Waals surface area (Å²) in [5, 5.41) is 6.72. The topological polar surface area (TPSA) is 82.6 Å². The van der Waals surface area contributed by atoms with Crippen molar-refractivity contribution in [3.8, 4) is 0 Å². The average Bonchev–Trinajstić information content (AvgIpc) is 2.35. The zero-order valence-corrected chi connectivity index (χ0v) is 17.0. The van der Waals surface area contributed by atoms with Gasteiger partial charge in [0.1, 0.15) is 0 Å². The third-order valence-electron chi connectivity index (χ3n) is 4.32. The molecule has 0 heterocycles. The Labute approximate surface area is 148 Å². The second-order valence-corrected chi connectivity index (χ2v) is 10.0. The molecule has 0 spiro atoms. The van der Waals surface area contributed by atoms with Crippen LogP contribution in [0.5, 0.6) is 0 Å². The van der Waals surface area contributed by atoms with Crippen molar-refractivity contribution in [2.24, 2.45) is 16.3 Å². The summed E-state index contributed by atoms with van der Waals surface area (Å²) in [6, 6.07) is 0. The van der Waals surface area contributed by atoms with E-state index in [1.54, 1.807) is 0 Å². The lowest BCUT2D eigenvalue weighted by molar-refractivity contribution is 0.104. The van der Waals surface area contributed by atoms with Crippen LogP contribution in [0.4, 0.5) is 0 Å². The molecule has 1 saturated carbocycles. The van der Waals surface area contributed by atoms with Gasteiger partial charge in [0.15, 0.2) is 5.96 Å². The predicted molar refractivity (Wildman–Crippen MR) is 102 cm³/mol. The van der Waals surface area contributed by atoms with Crippen LogP contribution in [0, 0.1) is 11.3 Å². The molecule has 0 aromatic heterocycles. The van der Waals surface area contributed by atoms with Crippen molar-refractivity contribution in [3.63, 3.8) is 0 Å². The maximum absolute atomic E-state index is 11.4. The lowest BCUT2D eigenvalue weighted by atomic mass is 9.64. The second kappa shape index (κ2) is 8.52. The number of nitrogens with one attached hydrogen (secondary N) is 3.